The molecule has 3 aromatic carbocycles. The summed E-state index contributed by atoms with van der Waals surface area (Å²) < 4.78 is 47.0. The Morgan fingerprint density at radius 2 is 1.80 bits per heavy atom. The first kappa shape index (κ1) is 21.9. The van der Waals surface area contributed by atoms with Crippen molar-refractivity contribution in [1.29, 1.82) is 0 Å². The van der Waals surface area contributed by atoms with E-state index in [1.54, 1.807) is 12.1 Å². The van der Waals surface area contributed by atoms with Crippen LogP contribution in [0, 0.1) is 5.82 Å². The monoisotopic (exact) mass is 468 g/mol. The lowest BCUT2D eigenvalue weighted by Crippen LogP contribution is -2.16. The second-order valence-corrected chi connectivity index (χ2v) is 8.58. The Morgan fingerprint density at radius 1 is 1.03 bits per heavy atom. The zero-order valence-corrected chi connectivity index (χ0v) is 17.8. The predicted octanol–water partition coefficient (Wildman–Crippen LogP) is 5.19. The van der Waals surface area contributed by atoms with Gasteiger partial charge in [0, 0.05) is 11.1 Å². The number of carbonyl (C=O) groups excluding carboxylic acids is 1. The molecule has 6 nitrogen and oxygen atoms in total. The van der Waals surface area contributed by atoms with Crippen molar-refractivity contribution < 1.29 is 22.3 Å². The van der Waals surface area contributed by atoms with Gasteiger partial charge in [-0.25, -0.2) is 12.8 Å². The molecule has 0 bridgehead atoms. The van der Waals surface area contributed by atoms with Gasteiger partial charge in [-0.15, -0.1) is 0 Å². The molecule has 30 heavy (non-hydrogen) atoms. The van der Waals surface area contributed by atoms with Gasteiger partial charge >= 0.3 is 0 Å². The van der Waals surface area contributed by atoms with E-state index in [1.807, 2.05) is 0 Å². The predicted molar refractivity (Wildman–Crippen MR) is 115 cm³/mol. The van der Waals surface area contributed by atoms with Crippen molar-refractivity contribution in [2.45, 2.75) is 4.90 Å². The average Bonchev–Trinajstić information content (AvgIpc) is 2.69. The van der Waals surface area contributed by atoms with Crippen LogP contribution in [0.4, 0.5) is 15.8 Å². The van der Waals surface area contributed by atoms with Crippen molar-refractivity contribution >= 4 is 50.5 Å². The first-order valence-electron chi connectivity index (χ1n) is 8.42. The lowest BCUT2D eigenvalue weighted by Gasteiger charge is -2.12. The van der Waals surface area contributed by atoms with Gasteiger partial charge in [-0.2, -0.15) is 0 Å². The molecule has 3 aromatic rings. The molecule has 0 radical (unpaired) electrons. The first-order chi connectivity index (χ1) is 14.2. The fourth-order valence-electron chi connectivity index (χ4n) is 2.53. The molecule has 0 saturated carbocycles. The van der Waals surface area contributed by atoms with E-state index in [1.165, 1.54) is 43.5 Å². The number of rotatable bonds is 6. The molecule has 0 aliphatic rings. The van der Waals surface area contributed by atoms with Crippen LogP contribution in [-0.2, 0) is 10.0 Å². The second-order valence-electron chi connectivity index (χ2n) is 6.06. The van der Waals surface area contributed by atoms with Crippen LogP contribution in [0.1, 0.15) is 10.4 Å². The molecule has 0 saturated heterocycles. The highest BCUT2D eigenvalue weighted by molar-refractivity contribution is 7.92. The van der Waals surface area contributed by atoms with Crippen molar-refractivity contribution in [2.75, 3.05) is 17.1 Å². The van der Waals surface area contributed by atoms with Crippen molar-refractivity contribution in [1.82, 2.24) is 0 Å². The van der Waals surface area contributed by atoms with Crippen LogP contribution < -0.4 is 14.8 Å². The molecule has 3 rings (SSSR count). The molecular weight excluding hydrogens is 454 g/mol. The van der Waals surface area contributed by atoms with Crippen LogP contribution in [0.25, 0.3) is 0 Å². The number of benzene rings is 3. The number of sulfonamides is 1. The SMILES string of the molecule is COc1cccc(NS(=O)(=O)c2ccc(NC(=O)c3ccc(Cl)cc3Cl)c(F)c2)c1. The largest absolute Gasteiger partial charge is 0.497 e. The van der Waals surface area contributed by atoms with Crippen LogP contribution in [0.2, 0.25) is 10.0 Å². The normalized spacial score (nSPS) is 11.1. The van der Waals surface area contributed by atoms with Gasteiger partial charge in [-0.3, -0.25) is 9.52 Å². The molecule has 0 heterocycles. The van der Waals surface area contributed by atoms with E-state index in [-0.39, 0.29) is 26.9 Å². The number of hydrogen-bond acceptors (Lipinski definition) is 4. The highest BCUT2D eigenvalue weighted by Crippen LogP contribution is 2.25. The number of halogens is 3. The fourth-order valence-corrected chi connectivity index (χ4v) is 4.08. The molecular formula is C20H15Cl2FN2O4S. The smallest absolute Gasteiger partial charge is 0.262 e. The molecule has 1 amide bonds. The van der Waals surface area contributed by atoms with E-state index < -0.39 is 21.7 Å². The fraction of sp³-hybridized carbons (Fsp3) is 0.0500. The number of methoxy groups -OCH3 is 1. The van der Waals surface area contributed by atoms with Crippen LogP contribution in [0.15, 0.2) is 65.6 Å². The van der Waals surface area contributed by atoms with Gasteiger partial charge in [0.1, 0.15) is 11.6 Å². The molecule has 0 atom stereocenters. The Morgan fingerprint density at radius 3 is 2.47 bits per heavy atom. The third kappa shape index (κ3) is 5.02. The van der Waals surface area contributed by atoms with Gasteiger partial charge in [0.25, 0.3) is 15.9 Å². The summed E-state index contributed by atoms with van der Waals surface area (Å²) in [6, 6.07) is 13.7. The Bertz CT molecular complexity index is 1220. The first-order valence-corrected chi connectivity index (χ1v) is 10.7. The summed E-state index contributed by atoms with van der Waals surface area (Å²) in [6.45, 7) is 0. The lowest BCUT2D eigenvalue weighted by atomic mass is 10.2. The van der Waals surface area contributed by atoms with E-state index >= 15 is 0 Å². The van der Waals surface area contributed by atoms with Crippen LogP contribution in [0.3, 0.4) is 0 Å². The lowest BCUT2D eigenvalue weighted by molar-refractivity contribution is 0.102. The highest BCUT2D eigenvalue weighted by atomic mass is 35.5. The molecule has 0 aliphatic heterocycles. The number of nitrogens with one attached hydrogen (secondary N) is 2. The third-order valence-electron chi connectivity index (χ3n) is 4.00. The van der Waals surface area contributed by atoms with Gasteiger partial charge in [0.05, 0.1) is 34.0 Å². The molecule has 0 unspecified atom stereocenters. The number of anilines is 2. The molecule has 0 aromatic heterocycles. The van der Waals surface area contributed by atoms with Crippen LogP contribution in [-0.4, -0.2) is 21.4 Å². The topological polar surface area (TPSA) is 84.5 Å². The van der Waals surface area contributed by atoms with Crippen molar-refractivity contribution in [3.63, 3.8) is 0 Å². The minimum Gasteiger partial charge on any atom is -0.497 e. The van der Waals surface area contributed by atoms with Crippen LogP contribution >= 0.6 is 23.2 Å². The van der Waals surface area contributed by atoms with Crippen molar-refractivity contribution in [2.24, 2.45) is 0 Å². The summed E-state index contributed by atoms with van der Waals surface area (Å²) in [5.41, 5.74) is 0.146. The summed E-state index contributed by atoms with van der Waals surface area (Å²) in [6.07, 6.45) is 0. The molecule has 156 valence electrons. The van der Waals surface area contributed by atoms with Crippen LogP contribution in [0.5, 0.6) is 5.75 Å². The molecule has 10 heteroatoms. The maximum atomic E-state index is 14.5. The Balaban J connectivity index is 1.81. The van der Waals surface area contributed by atoms with E-state index in [2.05, 4.69) is 10.0 Å². The minimum atomic E-state index is -4.06. The van der Waals surface area contributed by atoms with Gasteiger partial charge in [-0.05, 0) is 48.5 Å². The van der Waals surface area contributed by atoms with Gasteiger partial charge in [-0.1, -0.05) is 29.3 Å². The Kier molecular flexibility index (Phi) is 6.50. The Labute approximate surface area is 182 Å². The Hall–Kier alpha value is -2.81. The van der Waals surface area contributed by atoms with E-state index in [4.69, 9.17) is 27.9 Å². The van der Waals surface area contributed by atoms with Gasteiger partial charge in [0.2, 0.25) is 0 Å². The van der Waals surface area contributed by atoms with Gasteiger partial charge < -0.3 is 10.1 Å². The molecule has 0 aliphatic carbocycles. The average molecular weight is 469 g/mol. The molecule has 0 spiro atoms. The summed E-state index contributed by atoms with van der Waals surface area (Å²) in [4.78, 5) is 12.0. The van der Waals surface area contributed by atoms with Crippen molar-refractivity contribution in [3.05, 3.63) is 82.1 Å². The number of hydrogen-bond donors (Lipinski definition) is 2. The van der Waals surface area contributed by atoms with E-state index in [0.29, 0.717) is 10.8 Å². The summed E-state index contributed by atoms with van der Waals surface area (Å²) in [5, 5.41) is 2.80. The summed E-state index contributed by atoms with van der Waals surface area (Å²) >= 11 is 11.8. The standard InChI is InChI=1S/C20H15Cl2FN2O4S/c1-29-14-4-2-3-13(10-14)25-30(27,28)15-6-8-19(18(23)11-15)24-20(26)16-7-5-12(21)9-17(16)22/h2-11,25H,1H3,(H,24,26). The summed E-state index contributed by atoms with van der Waals surface area (Å²) in [7, 11) is -2.61. The maximum Gasteiger partial charge on any atom is 0.262 e. The zero-order chi connectivity index (χ0) is 21.9. The van der Waals surface area contributed by atoms with E-state index in [9.17, 15) is 17.6 Å². The minimum absolute atomic E-state index is 0.0943. The molecule has 2 N–H and O–H groups in total. The number of ether oxygens (including phenoxy) is 1. The maximum absolute atomic E-state index is 14.5. The second kappa shape index (κ2) is 8.91. The van der Waals surface area contributed by atoms with E-state index in [0.717, 1.165) is 12.1 Å². The number of carbonyl (C=O) groups is 1. The highest BCUT2D eigenvalue weighted by Gasteiger charge is 2.19. The van der Waals surface area contributed by atoms with Crippen molar-refractivity contribution in [3.8, 4) is 5.75 Å². The molecule has 0 fully saturated rings. The van der Waals surface area contributed by atoms with Gasteiger partial charge in [0.15, 0.2) is 0 Å². The third-order valence-corrected chi connectivity index (χ3v) is 5.92. The number of amides is 1. The summed E-state index contributed by atoms with van der Waals surface area (Å²) in [5.74, 6) is -1.14. The quantitative estimate of drug-likeness (QED) is 0.520. The zero-order valence-electron chi connectivity index (χ0n) is 15.4.